The molecule has 2 aromatic rings. The number of hydrogen-bond donors (Lipinski definition) is 1. The Morgan fingerprint density at radius 1 is 1.25 bits per heavy atom. The van der Waals surface area contributed by atoms with E-state index in [1.54, 1.807) is 24.4 Å². The van der Waals surface area contributed by atoms with E-state index in [9.17, 15) is 4.39 Å². The molecule has 20 heavy (non-hydrogen) atoms. The minimum atomic E-state index is -0.277. The smallest absolute Gasteiger partial charge is 0.123 e. The van der Waals surface area contributed by atoms with Crippen molar-refractivity contribution in [1.82, 2.24) is 4.98 Å². The van der Waals surface area contributed by atoms with Crippen molar-refractivity contribution < 1.29 is 4.39 Å². The number of aromatic nitrogens is 1. The summed E-state index contributed by atoms with van der Waals surface area (Å²) in [5, 5.41) is 0.564. The highest BCUT2D eigenvalue weighted by molar-refractivity contribution is 6.31. The molecule has 1 atom stereocenters. The van der Waals surface area contributed by atoms with Crippen molar-refractivity contribution >= 4 is 11.6 Å². The highest BCUT2D eigenvalue weighted by Gasteiger charge is 2.09. The topological polar surface area (TPSA) is 38.9 Å². The third kappa shape index (κ3) is 3.57. The summed E-state index contributed by atoms with van der Waals surface area (Å²) in [5.74, 6) is 5.73. The summed E-state index contributed by atoms with van der Waals surface area (Å²) in [6.07, 6.45) is 1.67. The molecule has 1 aromatic heterocycles. The second-order valence-electron chi connectivity index (χ2n) is 4.48. The Balaban J connectivity index is 2.23. The van der Waals surface area contributed by atoms with E-state index in [4.69, 9.17) is 17.3 Å². The van der Waals surface area contributed by atoms with Crippen molar-refractivity contribution in [1.29, 1.82) is 0 Å². The third-order valence-corrected chi connectivity index (χ3v) is 3.19. The van der Waals surface area contributed by atoms with Crippen LogP contribution in [-0.4, -0.2) is 11.5 Å². The van der Waals surface area contributed by atoms with E-state index >= 15 is 0 Å². The SMILES string of the molecule is CC(CN)c1ncc(C#Cc2ccc(F)cc2)cc1Cl. The molecule has 4 heteroatoms. The molecule has 0 aliphatic heterocycles. The fourth-order valence-corrected chi connectivity index (χ4v) is 2.02. The lowest BCUT2D eigenvalue weighted by molar-refractivity contribution is 0.627. The first-order valence-corrected chi connectivity index (χ1v) is 6.61. The molecular formula is C16H14ClFN2. The van der Waals surface area contributed by atoms with Crippen molar-refractivity contribution in [3.63, 3.8) is 0 Å². The second kappa shape index (κ2) is 6.51. The fraction of sp³-hybridized carbons (Fsp3) is 0.188. The molecule has 0 aliphatic carbocycles. The minimum absolute atomic E-state index is 0.113. The van der Waals surface area contributed by atoms with E-state index in [-0.39, 0.29) is 11.7 Å². The zero-order chi connectivity index (χ0) is 14.5. The summed E-state index contributed by atoms with van der Waals surface area (Å²) in [6.45, 7) is 2.46. The average molecular weight is 289 g/mol. The van der Waals surface area contributed by atoms with Gasteiger partial charge in [-0.15, -0.1) is 0 Å². The van der Waals surface area contributed by atoms with Gasteiger partial charge in [-0.25, -0.2) is 4.39 Å². The van der Waals surface area contributed by atoms with Crippen LogP contribution >= 0.6 is 11.6 Å². The van der Waals surface area contributed by atoms with E-state index in [0.29, 0.717) is 17.1 Å². The molecule has 0 amide bonds. The van der Waals surface area contributed by atoms with Crippen molar-refractivity contribution in [3.05, 3.63) is 64.2 Å². The van der Waals surface area contributed by atoms with E-state index < -0.39 is 0 Å². The molecule has 2 nitrogen and oxygen atoms in total. The molecule has 0 saturated carbocycles. The molecule has 1 unspecified atom stereocenters. The minimum Gasteiger partial charge on any atom is -0.330 e. The van der Waals surface area contributed by atoms with E-state index in [0.717, 1.165) is 11.3 Å². The zero-order valence-corrected chi connectivity index (χ0v) is 11.8. The summed E-state index contributed by atoms with van der Waals surface area (Å²) in [4.78, 5) is 4.30. The van der Waals surface area contributed by atoms with Gasteiger partial charge in [0.25, 0.3) is 0 Å². The maximum Gasteiger partial charge on any atom is 0.123 e. The first kappa shape index (κ1) is 14.5. The molecule has 102 valence electrons. The number of hydrogen-bond acceptors (Lipinski definition) is 2. The van der Waals surface area contributed by atoms with E-state index in [1.165, 1.54) is 12.1 Å². The quantitative estimate of drug-likeness (QED) is 0.861. The molecule has 0 saturated heterocycles. The molecule has 0 fully saturated rings. The van der Waals surface area contributed by atoms with Gasteiger partial charge in [0.15, 0.2) is 0 Å². The standard InChI is InChI=1S/C16H14ClFN2/c1-11(9-19)16-15(17)8-13(10-20-16)3-2-12-4-6-14(18)7-5-12/h4-8,10-11H,9,19H2,1H3. The number of halogens is 2. The highest BCUT2D eigenvalue weighted by atomic mass is 35.5. The summed E-state index contributed by atoms with van der Waals surface area (Å²) in [7, 11) is 0. The Bertz CT molecular complexity index is 656. The Morgan fingerprint density at radius 2 is 1.90 bits per heavy atom. The fourth-order valence-electron chi connectivity index (χ4n) is 1.67. The predicted molar refractivity (Wildman–Crippen MR) is 79.1 cm³/mol. The normalized spacial score (nSPS) is 11.6. The van der Waals surface area contributed by atoms with Gasteiger partial charge in [0, 0.05) is 29.8 Å². The van der Waals surface area contributed by atoms with Crippen molar-refractivity contribution in [2.75, 3.05) is 6.54 Å². The van der Waals surface area contributed by atoms with Crippen LogP contribution in [0, 0.1) is 17.7 Å². The molecular weight excluding hydrogens is 275 g/mol. The summed E-state index contributed by atoms with van der Waals surface area (Å²) >= 11 is 6.17. The van der Waals surface area contributed by atoms with Gasteiger partial charge in [-0.05, 0) is 30.3 Å². The third-order valence-electron chi connectivity index (χ3n) is 2.89. The van der Waals surface area contributed by atoms with Gasteiger partial charge in [-0.2, -0.15) is 0 Å². The number of nitrogens with zero attached hydrogens (tertiary/aromatic N) is 1. The van der Waals surface area contributed by atoms with Gasteiger partial charge in [-0.1, -0.05) is 30.4 Å². The van der Waals surface area contributed by atoms with E-state index in [1.807, 2.05) is 6.92 Å². The van der Waals surface area contributed by atoms with Gasteiger partial charge in [-0.3, -0.25) is 4.98 Å². The molecule has 2 N–H and O–H groups in total. The van der Waals surface area contributed by atoms with Crippen LogP contribution in [0.5, 0.6) is 0 Å². The van der Waals surface area contributed by atoms with Crippen LogP contribution in [0.15, 0.2) is 36.5 Å². The predicted octanol–water partition coefficient (Wildman–Crippen LogP) is 3.34. The molecule has 0 spiro atoms. The maximum absolute atomic E-state index is 12.8. The van der Waals surface area contributed by atoms with Crippen LogP contribution in [0.2, 0.25) is 5.02 Å². The van der Waals surface area contributed by atoms with Crippen molar-refractivity contribution in [3.8, 4) is 11.8 Å². The summed E-state index contributed by atoms with van der Waals surface area (Å²) in [6, 6.07) is 7.78. The largest absolute Gasteiger partial charge is 0.330 e. The zero-order valence-electron chi connectivity index (χ0n) is 11.0. The maximum atomic E-state index is 12.8. The lowest BCUT2D eigenvalue weighted by atomic mass is 10.1. The number of pyridine rings is 1. The Hall–Kier alpha value is -1.89. The summed E-state index contributed by atoms with van der Waals surface area (Å²) in [5.41, 5.74) is 7.83. The number of nitrogens with two attached hydrogens (primary N) is 1. The Kier molecular flexibility index (Phi) is 4.73. The molecule has 0 bridgehead atoms. The summed E-state index contributed by atoms with van der Waals surface area (Å²) < 4.78 is 12.8. The second-order valence-corrected chi connectivity index (χ2v) is 4.89. The van der Waals surface area contributed by atoms with Crippen LogP contribution in [0.1, 0.15) is 29.7 Å². The van der Waals surface area contributed by atoms with Crippen LogP contribution in [0.25, 0.3) is 0 Å². The van der Waals surface area contributed by atoms with Crippen LogP contribution in [-0.2, 0) is 0 Å². The first-order chi connectivity index (χ1) is 9.60. The van der Waals surface area contributed by atoms with Gasteiger partial charge >= 0.3 is 0 Å². The molecule has 2 rings (SSSR count). The number of rotatable bonds is 2. The van der Waals surface area contributed by atoms with Gasteiger partial charge in [0.2, 0.25) is 0 Å². The van der Waals surface area contributed by atoms with Gasteiger partial charge in [0.05, 0.1) is 10.7 Å². The van der Waals surface area contributed by atoms with Crippen LogP contribution in [0.3, 0.4) is 0 Å². The lowest BCUT2D eigenvalue weighted by Crippen LogP contribution is -2.10. The highest BCUT2D eigenvalue weighted by Crippen LogP contribution is 2.22. The average Bonchev–Trinajstić information content (AvgIpc) is 2.46. The molecule has 1 heterocycles. The van der Waals surface area contributed by atoms with Crippen LogP contribution < -0.4 is 5.73 Å². The molecule has 0 radical (unpaired) electrons. The van der Waals surface area contributed by atoms with Gasteiger partial charge < -0.3 is 5.73 Å². The van der Waals surface area contributed by atoms with E-state index in [2.05, 4.69) is 16.8 Å². The lowest BCUT2D eigenvalue weighted by Gasteiger charge is -2.09. The van der Waals surface area contributed by atoms with Crippen molar-refractivity contribution in [2.24, 2.45) is 5.73 Å². The van der Waals surface area contributed by atoms with Gasteiger partial charge in [0.1, 0.15) is 5.82 Å². The van der Waals surface area contributed by atoms with Crippen molar-refractivity contribution in [2.45, 2.75) is 12.8 Å². The first-order valence-electron chi connectivity index (χ1n) is 6.23. The monoisotopic (exact) mass is 288 g/mol. The molecule has 0 aliphatic rings. The Labute approximate surface area is 122 Å². The number of benzene rings is 1. The van der Waals surface area contributed by atoms with Crippen LogP contribution in [0.4, 0.5) is 4.39 Å². The molecule has 1 aromatic carbocycles. The Morgan fingerprint density at radius 3 is 2.50 bits per heavy atom.